The van der Waals surface area contributed by atoms with E-state index < -0.39 is 22.2 Å². The van der Waals surface area contributed by atoms with Gasteiger partial charge in [0.15, 0.2) is 0 Å². The molecule has 1 aromatic carbocycles. The molecule has 0 bridgehead atoms. The van der Waals surface area contributed by atoms with Gasteiger partial charge in [0.2, 0.25) is 0 Å². The number of carboxylic acid groups (broad SMARTS) is 1. The summed E-state index contributed by atoms with van der Waals surface area (Å²) >= 11 is 0. The molecule has 0 amide bonds. The molecule has 1 aromatic rings. The highest BCUT2D eigenvalue weighted by atomic mass is 32.2. The van der Waals surface area contributed by atoms with Gasteiger partial charge in [-0.3, -0.25) is 4.79 Å². The van der Waals surface area contributed by atoms with Gasteiger partial charge in [-0.2, -0.15) is 22.7 Å². The Morgan fingerprint density at radius 1 is 1.41 bits per heavy atom. The second-order valence-electron chi connectivity index (χ2n) is 4.60. The summed E-state index contributed by atoms with van der Waals surface area (Å²) in [6, 6.07) is 9.39. The molecule has 0 saturated heterocycles. The van der Waals surface area contributed by atoms with E-state index in [0.717, 1.165) is 9.87 Å². The number of carboxylic acids is 1. The number of hydrogen-bond donors (Lipinski definition) is 2. The first kappa shape index (κ1) is 18.1. The van der Waals surface area contributed by atoms with Crippen LogP contribution in [0.25, 0.3) is 0 Å². The number of nitriles is 1. The molecule has 7 nitrogen and oxygen atoms in total. The first-order valence-electron chi connectivity index (χ1n) is 6.81. The molecule has 0 saturated carbocycles. The minimum Gasteiger partial charge on any atom is -0.480 e. The SMILES string of the molecule is CCN(CCC#N)S(=O)(=O)N[C@@H](Cc1ccccc1)C(=O)O. The Balaban J connectivity index is 2.85. The van der Waals surface area contributed by atoms with E-state index in [1.54, 1.807) is 37.3 Å². The van der Waals surface area contributed by atoms with Crippen molar-refractivity contribution in [2.75, 3.05) is 13.1 Å². The predicted octanol–water partition coefficient (Wildman–Crippen LogP) is 0.752. The molecule has 0 unspecified atom stereocenters. The van der Waals surface area contributed by atoms with Crippen LogP contribution in [0.4, 0.5) is 0 Å². The zero-order valence-electron chi connectivity index (χ0n) is 12.3. The molecule has 0 aliphatic rings. The molecule has 1 atom stereocenters. The molecule has 0 aliphatic heterocycles. The summed E-state index contributed by atoms with van der Waals surface area (Å²) < 4.78 is 27.7. The van der Waals surface area contributed by atoms with E-state index in [1.165, 1.54) is 0 Å². The number of benzene rings is 1. The van der Waals surface area contributed by atoms with Crippen LogP contribution in [0.5, 0.6) is 0 Å². The van der Waals surface area contributed by atoms with Crippen LogP contribution in [0.2, 0.25) is 0 Å². The van der Waals surface area contributed by atoms with Crippen molar-refractivity contribution in [1.29, 1.82) is 5.26 Å². The topological polar surface area (TPSA) is 111 Å². The van der Waals surface area contributed by atoms with Gasteiger partial charge >= 0.3 is 5.97 Å². The summed E-state index contributed by atoms with van der Waals surface area (Å²) in [7, 11) is -3.96. The molecule has 0 aliphatic carbocycles. The molecule has 120 valence electrons. The van der Waals surface area contributed by atoms with E-state index in [0.29, 0.717) is 0 Å². The van der Waals surface area contributed by atoms with Gasteiger partial charge < -0.3 is 5.11 Å². The molecular weight excluding hydrogens is 306 g/mol. The third kappa shape index (κ3) is 5.44. The van der Waals surface area contributed by atoms with Gasteiger partial charge in [-0.1, -0.05) is 37.3 Å². The maximum absolute atomic E-state index is 12.2. The molecule has 1 rings (SSSR count). The molecule has 8 heteroatoms. The second kappa shape index (κ2) is 8.48. The second-order valence-corrected chi connectivity index (χ2v) is 6.31. The van der Waals surface area contributed by atoms with Crippen LogP contribution in [0.3, 0.4) is 0 Å². The van der Waals surface area contributed by atoms with E-state index >= 15 is 0 Å². The molecule has 0 fully saturated rings. The van der Waals surface area contributed by atoms with Crippen molar-refractivity contribution in [3.05, 3.63) is 35.9 Å². The van der Waals surface area contributed by atoms with E-state index in [1.807, 2.05) is 6.07 Å². The van der Waals surface area contributed by atoms with Crippen LogP contribution >= 0.6 is 0 Å². The summed E-state index contributed by atoms with van der Waals surface area (Å²) in [4.78, 5) is 11.3. The number of rotatable bonds is 9. The molecule has 0 spiro atoms. The fraction of sp³-hybridized carbons (Fsp3) is 0.429. The highest BCUT2D eigenvalue weighted by Gasteiger charge is 2.28. The van der Waals surface area contributed by atoms with Crippen LogP contribution in [0.15, 0.2) is 30.3 Å². The Bertz CT molecular complexity index is 625. The molecular formula is C14H19N3O4S. The van der Waals surface area contributed by atoms with Crippen molar-refractivity contribution >= 4 is 16.2 Å². The normalized spacial score (nSPS) is 12.8. The zero-order chi connectivity index (χ0) is 16.6. The largest absolute Gasteiger partial charge is 0.480 e. The summed E-state index contributed by atoms with van der Waals surface area (Å²) in [6.07, 6.45) is 0.0936. The average Bonchev–Trinajstić information content (AvgIpc) is 2.48. The summed E-state index contributed by atoms with van der Waals surface area (Å²) in [6.45, 7) is 1.82. The number of nitrogens with one attached hydrogen (secondary N) is 1. The van der Waals surface area contributed by atoms with Gasteiger partial charge in [-0.05, 0) is 12.0 Å². The summed E-state index contributed by atoms with van der Waals surface area (Å²) in [5.74, 6) is -1.25. The maximum Gasteiger partial charge on any atom is 0.322 e. The summed E-state index contributed by atoms with van der Waals surface area (Å²) in [5.41, 5.74) is 0.720. The summed E-state index contributed by atoms with van der Waals surface area (Å²) in [5, 5.41) is 17.8. The van der Waals surface area contributed by atoms with E-state index in [4.69, 9.17) is 5.26 Å². The predicted molar refractivity (Wildman–Crippen MR) is 81.1 cm³/mol. The fourth-order valence-corrected chi connectivity index (χ4v) is 3.27. The third-order valence-electron chi connectivity index (χ3n) is 3.04. The highest BCUT2D eigenvalue weighted by Crippen LogP contribution is 2.07. The van der Waals surface area contributed by atoms with Gasteiger partial charge in [-0.15, -0.1) is 0 Å². The van der Waals surface area contributed by atoms with Crippen LogP contribution in [0, 0.1) is 11.3 Å². The quantitative estimate of drug-likeness (QED) is 0.696. The van der Waals surface area contributed by atoms with Gasteiger partial charge in [-0.25, -0.2) is 0 Å². The van der Waals surface area contributed by atoms with Crippen molar-refractivity contribution in [2.24, 2.45) is 0 Å². The van der Waals surface area contributed by atoms with Crippen molar-refractivity contribution in [2.45, 2.75) is 25.8 Å². The lowest BCUT2D eigenvalue weighted by molar-refractivity contribution is -0.138. The highest BCUT2D eigenvalue weighted by molar-refractivity contribution is 7.87. The third-order valence-corrected chi connectivity index (χ3v) is 4.74. The lowest BCUT2D eigenvalue weighted by atomic mass is 10.1. The first-order valence-corrected chi connectivity index (χ1v) is 8.25. The fourth-order valence-electron chi connectivity index (χ4n) is 1.91. The number of nitrogens with zero attached hydrogens (tertiary/aromatic N) is 2. The Kier molecular flexibility index (Phi) is 6.98. The van der Waals surface area contributed by atoms with Crippen LogP contribution in [-0.4, -0.2) is 42.9 Å². The van der Waals surface area contributed by atoms with E-state index in [2.05, 4.69) is 4.72 Å². The zero-order valence-corrected chi connectivity index (χ0v) is 13.1. The van der Waals surface area contributed by atoms with Gasteiger partial charge in [0.25, 0.3) is 10.2 Å². The number of aliphatic carboxylic acids is 1. The molecule has 0 radical (unpaired) electrons. The minimum absolute atomic E-state index is 0.0278. The molecule has 0 heterocycles. The Labute approximate surface area is 130 Å². The Morgan fingerprint density at radius 2 is 2.05 bits per heavy atom. The van der Waals surface area contributed by atoms with Crippen LogP contribution in [0.1, 0.15) is 18.9 Å². The minimum atomic E-state index is -3.96. The molecule has 0 aromatic heterocycles. The van der Waals surface area contributed by atoms with Gasteiger partial charge in [0.1, 0.15) is 6.04 Å². The Morgan fingerprint density at radius 3 is 2.55 bits per heavy atom. The average molecular weight is 325 g/mol. The number of carbonyl (C=O) groups is 1. The van der Waals surface area contributed by atoms with E-state index in [9.17, 15) is 18.3 Å². The maximum atomic E-state index is 12.2. The van der Waals surface area contributed by atoms with Gasteiger partial charge in [0.05, 0.1) is 6.07 Å². The first-order chi connectivity index (χ1) is 10.4. The van der Waals surface area contributed by atoms with Crippen LogP contribution < -0.4 is 4.72 Å². The molecule has 2 N–H and O–H groups in total. The van der Waals surface area contributed by atoms with Crippen molar-refractivity contribution in [3.63, 3.8) is 0 Å². The lowest BCUT2D eigenvalue weighted by Crippen LogP contribution is -2.49. The van der Waals surface area contributed by atoms with Crippen molar-refractivity contribution < 1.29 is 18.3 Å². The number of hydrogen-bond acceptors (Lipinski definition) is 4. The standard InChI is InChI=1S/C14H19N3O4S/c1-2-17(10-6-9-15)22(20,21)16-13(14(18)19)11-12-7-4-3-5-8-12/h3-5,7-8,13,16H,2,6,10-11H2,1H3,(H,18,19)/t13-/m0/s1. The van der Waals surface area contributed by atoms with Crippen LogP contribution in [-0.2, 0) is 21.4 Å². The van der Waals surface area contributed by atoms with E-state index in [-0.39, 0.29) is 25.9 Å². The lowest BCUT2D eigenvalue weighted by Gasteiger charge is -2.22. The van der Waals surface area contributed by atoms with Crippen molar-refractivity contribution in [3.8, 4) is 6.07 Å². The monoisotopic (exact) mass is 325 g/mol. The Hall–Kier alpha value is -1.95. The smallest absolute Gasteiger partial charge is 0.322 e. The molecule has 22 heavy (non-hydrogen) atoms. The van der Waals surface area contributed by atoms with Gasteiger partial charge in [0, 0.05) is 19.5 Å². The van der Waals surface area contributed by atoms with Crippen molar-refractivity contribution in [1.82, 2.24) is 9.03 Å².